The largest absolute Gasteiger partial charge is 0.378 e. The zero-order chi connectivity index (χ0) is 10.7. The highest BCUT2D eigenvalue weighted by atomic mass is 16.5. The van der Waals surface area contributed by atoms with Crippen molar-refractivity contribution >= 4 is 5.91 Å². The molecular weight excluding hydrogens is 192 g/mol. The molecule has 82 valence electrons. The number of hydrogen-bond acceptors (Lipinski definition) is 3. The van der Waals surface area contributed by atoms with Crippen molar-refractivity contribution < 1.29 is 9.53 Å². The van der Waals surface area contributed by atoms with Crippen LogP contribution in [0.25, 0.3) is 0 Å². The van der Waals surface area contributed by atoms with E-state index in [0.29, 0.717) is 12.6 Å². The lowest BCUT2D eigenvalue weighted by Crippen LogP contribution is -2.33. The molecule has 0 aromatic heterocycles. The number of nitriles is 1. The quantitative estimate of drug-likeness (QED) is 0.749. The SMILES string of the molecule is N#CC1(C(=O)NCCC2CCCO2)CC1. The van der Waals surface area contributed by atoms with Gasteiger partial charge in [-0.05, 0) is 32.1 Å². The Morgan fingerprint density at radius 2 is 2.40 bits per heavy atom. The summed E-state index contributed by atoms with van der Waals surface area (Å²) in [4.78, 5) is 11.6. The van der Waals surface area contributed by atoms with Crippen LogP contribution < -0.4 is 5.32 Å². The second-order valence-corrected chi connectivity index (χ2v) is 4.37. The highest BCUT2D eigenvalue weighted by molar-refractivity contribution is 5.88. The van der Waals surface area contributed by atoms with Gasteiger partial charge >= 0.3 is 0 Å². The van der Waals surface area contributed by atoms with Crippen LogP contribution in [0.4, 0.5) is 0 Å². The Balaban J connectivity index is 1.66. The molecule has 1 unspecified atom stereocenters. The molecule has 0 radical (unpaired) electrons. The van der Waals surface area contributed by atoms with E-state index in [1.165, 1.54) is 0 Å². The molecule has 1 N–H and O–H groups in total. The molecule has 2 aliphatic rings. The minimum Gasteiger partial charge on any atom is -0.378 e. The number of carbonyl (C=O) groups excluding carboxylic acids is 1. The minimum absolute atomic E-state index is 0.0944. The molecule has 0 spiro atoms. The Labute approximate surface area is 89.6 Å². The van der Waals surface area contributed by atoms with Gasteiger partial charge in [0.2, 0.25) is 5.91 Å². The van der Waals surface area contributed by atoms with Crippen LogP contribution in [0.3, 0.4) is 0 Å². The monoisotopic (exact) mass is 208 g/mol. The van der Waals surface area contributed by atoms with Gasteiger partial charge in [-0.25, -0.2) is 0 Å². The van der Waals surface area contributed by atoms with Gasteiger partial charge in [-0.15, -0.1) is 0 Å². The van der Waals surface area contributed by atoms with E-state index in [-0.39, 0.29) is 5.91 Å². The summed E-state index contributed by atoms with van der Waals surface area (Å²) in [7, 11) is 0. The fraction of sp³-hybridized carbons (Fsp3) is 0.818. The van der Waals surface area contributed by atoms with Crippen LogP contribution in [0.1, 0.15) is 32.1 Å². The lowest BCUT2D eigenvalue weighted by Gasteiger charge is -2.11. The molecule has 1 atom stereocenters. The lowest BCUT2D eigenvalue weighted by atomic mass is 10.1. The van der Waals surface area contributed by atoms with Gasteiger partial charge < -0.3 is 10.1 Å². The van der Waals surface area contributed by atoms with Crippen molar-refractivity contribution in [2.75, 3.05) is 13.2 Å². The fourth-order valence-electron chi connectivity index (χ4n) is 1.90. The van der Waals surface area contributed by atoms with Crippen molar-refractivity contribution in [3.63, 3.8) is 0 Å². The number of nitrogens with zero attached hydrogens (tertiary/aromatic N) is 1. The molecule has 0 aromatic rings. The number of hydrogen-bond donors (Lipinski definition) is 1. The van der Waals surface area contributed by atoms with Crippen LogP contribution in [-0.2, 0) is 9.53 Å². The zero-order valence-corrected chi connectivity index (χ0v) is 8.79. The van der Waals surface area contributed by atoms with Gasteiger partial charge in [0.1, 0.15) is 5.41 Å². The molecule has 1 aliphatic carbocycles. The molecule has 15 heavy (non-hydrogen) atoms. The molecule has 0 bridgehead atoms. The third-order valence-corrected chi connectivity index (χ3v) is 3.17. The van der Waals surface area contributed by atoms with Gasteiger partial charge in [0, 0.05) is 13.2 Å². The maximum absolute atomic E-state index is 11.6. The van der Waals surface area contributed by atoms with Crippen molar-refractivity contribution in [2.24, 2.45) is 5.41 Å². The minimum atomic E-state index is -0.684. The summed E-state index contributed by atoms with van der Waals surface area (Å²) < 4.78 is 5.45. The van der Waals surface area contributed by atoms with Crippen LogP contribution >= 0.6 is 0 Å². The molecule has 2 fully saturated rings. The summed E-state index contributed by atoms with van der Waals surface area (Å²) in [5.41, 5.74) is -0.684. The van der Waals surface area contributed by atoms with Crippen LogP contribution in [0.15, 0.2) is 0 Å². The summed E-state index contributed by atoms with van der Waals surface area (Å²) in [6.07, 6.45) is 4.83. The highest BCUT2D eigenvalue weighted by Gasteiger charge is 2.50. The van der Waals surface area contributed by atoms with Crippen molar-refractivity contribution in [2.45, 2.75) is 38.2 Å². The Morgan fingerprint density at radius 1 is 1.60 bits per heavy atom. The highest BCUT2D eigenvalue weighted by Crippen LogP contribution is 2.44. The van der Waals surface area contributed by atoms with Gasteiger partial charge in [-0.1, -0.05) is 0 Å². The standard InChI is InChI=1S/C11H16N2O2/c12-8-11(4-5-11)10(14)13-6-3-9-2-1-7-15-9/h9H,1-7H2,(H,13,14). The lowest BCUT2D eigenvalue weighted by molar-refractivity contribution is -0.124. The molecule has 2 rings (SSSR count). The predicted molar refractivity (Wildman–Crippen MR) is 53.9 cm³/mol. The average molecular weight is 208 g/mol. The molecule has 1 saturated carbocycles. The molecule has 1 saturated heterocycles. The Kier molecular flexibility index (Phi) is 2.92. The Morgan fingerprint density at radius 3 is 2.93 bits per heavy atom. The summed E-state index contributed by atoms with van der Waals surface area (Å²) in [5.74, 6) is -0.0944. The van der Waals surface area contributed by atoms with E-state index in [1.54, 1.807) is 0 Å². The fourth-order valence-corrected chi connectivity index (χ4v) is 1.90. The maximum atomic E-state index is 11.6. The molecule has 4 heteroatoms. The molecule has 1 amide bonds. The summed E-state index contributed by atoms with van der Waals surface area (Å²) in [5, 5.41) is 11.6. The van der Waals surface area contributed by atoms with E-state index in [2.05, 4.69) is 11.4 Å². The molecule has 0 aromatic carbocycles. The third-order valence-electron chi connectivity index (χ3n) is 3.17. The van der Waals surface area contributed by atoms with Crippen LogP contribution in [0.2, 0.25) is 0 Å². The van der Waals surface area contributed by atoms with Crippen molar-refractivity contribution in [1.29, 1.82) is 5.26 Å². The number of nitrogens with one attached hydrogen (secondary N) is 1. The third kappa shape index (κ3) is 2.29. The van der Waals surface area contributed by atoms with Crippen LogP contribution in [0.5, 0.6) is 0 Å². The second kappa shape index (κ2) is 4.19. The maximum Gasteiger partial charge on any atom is 0.240 e. The smallest absolute Gasteiger partial charge is 0.240 e. The van der Waals surface area contributed by atoms with Crippen molar-refractivity contribution in [1.82, 2.24) is 5.32 Å². The molecule has 1 heterocycles. The first-order valence-electron chi connectivity index (χ1n) is 5.58. The summed E-state index contributed by atoms with van der Waals surface area (Å²) >= 11 is 0. The van der Waals surface area contributed by atoms with E-state index in [1.807, 2.05) is 0 Å². The first-order chi connectivity index (χ1) is 7.27. The Hall–Kier alpha value is -1.08. The molecule has 4 nitrogen and oxygen atoms in total. The Bertz CT molecular complexity index is 285. The van der Waals surface area contributed by atoms with Gasteiger partial charge in [-0.2, -0.15) is 5.26 Å². The number of ether oxygens (including phenoxy) is 1. The summed E-state index contributed by atoms with van der Waals surface area (Å²) in [6, 6.07) is 2.09. The topological polar surface area (TPSA) is 62.1 Å². The number of rotatable bonds is 4. The van der Waals surface area contributed by atoms with E-state index >= 15 is 0 Å². The van der Waals surface area contributed by atoms with E-state index < -0.39 is 5.41 Å². The van der Waals surface area contributed by atoms with Crippen LogP contribution in [0, 0.1) is 16.7 Å². The second-order valence-electron chi connectivity index (χ2n) is 4.37. The van der Waals surface area contributed by atoms with Crippen molar-refractivity contribution in [3.05, 3.63) is 0 Å². The van der Waals surface area contributed by atoms with Crippen molar-refractivity contribution in [3.8, 4) is 6.07 Å². The van der Waals surface area contributed by atoms with Gasteiger partial charge in [-0.3, -0.25) is 4.79 Å². The zero-order valence-electron chi connectivity index (χ0n) is 8.79. The first kappa shape index (κ1) is 10.4. The van der Waals surface area contributed by atoms with Gasteiger partial charge in [0.05, 0.1) is 12.2 Å². The van der Waals surface area contributed by atoms with Gasteiger partial charge in [0.15, 0.2) is 0 Å². The predicted octanol–water partition coefficient (Wildman–Crippen LogP) is 0.975. The van der Waals surface area contributed by atoms with E-state index in [4.69, 9.17) is 10.00 Å². The molecule has 1 aliphatic heterocycles. The van der Waals surface area contributed by atoms with Crippen LogP contribution in [-0.4, -0.2) is 25.2 Å². The normalized spacial score (nSPS) is 27.0. The van der Waals surface area contributed by atoms with E-state index in [0.717, 1.165) is 38.7 Å². The summed E-state index contributed by atoms with van der Waals surface area (Å²) in [6.45, 7) is 1.48. The average Bonchev–Trinajstić information content (AvgIpc) is 2.90. The molecular formula is C11H16N2O2. The van der Waals surface area contributed by atoms with E-state index in [9.17, 15) is 4.79 Å². The number of carbonyl (C=O) groups is 1. The first-order valence-corrected chi connectivity index (χ1v) is 5.58. The number of amides is 1. The van der Waals surface area contributed by atoms with Gasteiger partial charge in [0.25, 0.3) is 0 Å².